The normalized spacial score (nSPS) is 11.5. The zero-order valence-electron chi connectivity index (χ0n) is 9.14. The van der Waals surface area contributed by atoms with E-state index in [9.17, 15) is 0 Å². The van der Waals surface area contributed by atoms with E-state index in [-0.39, 0.29) is 0 Å². The molecule has 0 aromatic heterocycles. The van der Waals surface area contributed by atoms with Crippen LogP contribution in [0.1, 0.15) is 27.2 Å². The molecular weight excluding hydrogens is 162 g/mol. The van der Waals surface area contributed by atoms with Crippen LogP contribution in [0.4, 0.5) is 0 Å². The maximum absolute atomic E-state index is 4.41. The first-order valence-electron chi connectivity index (χ1n) is 5.12. The minimum absolute atomic E-state index is 0.829. The minimum Gasteiger partial charge on any atom is -0.357 e. The monoisotopic (exact) mass is 184 g/mol. The Morgan fingerprint density at radius 1 is 1.38 bits per heavy atom. The molecule has 0 saturated heterocycles. The molecule has 3 nitrogen and oxygen atoms in total. The lowest BCUT2D eigenvalue weighted by Gasteiger charge is -2.24. The molecule has 77 valence electrons. The topological polar surface area (TPSA) is 27.6 Å². The summed E-state index contributed by atoms with van der Waals surface area (Å²) < 4.78 is 0. The molecule has 1 radical (unpaired) electrons. The van der Waals surface area contributed by atoms with E-state index in [2.05, 4.69) is 42.9 Å². The first-order chi connectivity index (χ1) is 6.29. The van der Waals surface area contributed by atoms with E-state index in [0.29, 0.717) is 0 Å². The molecule has 0 atom stereocenters. The molecular formula is C10H22N3. The van der Waals surface area contributed by atoms with Gasteiger partial charge in [0, 0.05) is 26.2 Å². The first kappa shape index (κ1) is 12.3. The second-order valence-electron chi connectivity index (χ2n) is 2.76. The standard InChI is InChI=1S/C10H22N3/c1-5-9-13(8-4)10(11-6-2)12-7-3/h1,5-9H2,2-4H3,(H,11,12). The molecule has 0 fully saturated rings. The van der Waals surface area contributed by atoms with Gasteiger partial charge in [-0.1, -0.05) is 6.92 Å². The maximum Gasteiger partial charge on any atom is 0.193 e. The van der Waals surface area contributed by atoms with Crippen molar-refractivity contribution in [2.24, 2.45) is 4.99 Å². The second kappa shape index (κ2) is 7.90. The highest BCUT2D eigenvalue weighted by atomic mass is 15.3. The molecule has 0 heterocycles. The summed E-state index contributed by atoms with van der Waals surface area (Å²) in [6, 6.07) is 0. The fraction of sp³-hybridized carbons (Fsp3) is 0.800. The van der Waals surface area contributed by atoms with Crippen LogP contribution in [0.5, 0.6) is 0 Å². The van der Waals surface area contributed by atoms with Crippen molar-refractivity contribution >= 4 is 5.96 Å². The summed E-state index contributed by atoms with van der Waals surface area (Å²) in [6.45, 7) is 13.8. The van der Waals surface area contributed by atoms with Crippen LogP contribution >= 0.6 is 0 Å². The van der Waals surface area contributed by atoms with Crippen LogP contribution in [0.3, 0.4) is 0 Å². The van der Waals surface area contributed by atoms with Gasteiger partial charge in [0.2, 0.25) is 0 Å². The summed E-state index contributed by atoms with van der Waals surface area (Å²) in [5, 5.41) is 3.27. The third-order valence-corrected chi connectivity index (χ3v) is 1.75. The molecule has 13 heavy (non-hydrogen) atoms. The third-order valence-electron chi connectivity index (χ3n) is 1.75. The summed E-state index contributed by atoms with van der Waals surface area (Å²) >= 11 is 0. The van der Waals surface area contributed by atoms with Gasteiger partial charge in [0.25, 0.3) is 0 Å². The average molecular weight is 184 g/mol. The number of hydrogen-bond acceptors (Lipinski definition) is 1. The summed E-state index contributed by atoms with van der Waals surface area (Å²) in [4.78, 5) is 6.63. The Morgan fingerprint density at radius 2 is 2.08 bits per heavy atom. The number of rotatable bonds is 5. The lowest BCUT2D eigenvalue weighted by atomic mass is 10.4. The van der Waals surface area contributed by atoms with Crippen LogP contribution in [-0.2, 0) is 0 Å². The Labute approximate surface area is 82.2 Å². The van der Waals surface area contributed by atoms with Crippen LogP contribution < -0.4 is 5.32 Å². The molecule has 0 saturated carbocycles. The summed E-state index contributed by atoms with van der Waals surface area (Å²) in [5.74, 6) is 1.01. The lowest BCUT2D eigenvalue weighted by Crippen LogP contribution is -2.41. The highest BCUT2D eigenvalue weighted by molar-refractivity contribution is 5.79. The quantitative estimate of drug-likeness (QED) is 0.518. The Morgan fingerprint density at radius 3 is 2.46 bits per heavy atom. The van der Waals surface area contributed by atoms with Crippen LogP contribution in [0.25, 0.3) is 0 Å². The number of aliphatic imine (C=N–C) groups is 1. The number of guanidine groups is 1. The van der Waals surface area contributed by atoms with Crippen molar-refractivity contribution in [1.29, 1.82) is 0 Å². The zero-order chi connectivity index (χ0) is 10.1. The SMILES string of the molecule is [CH2]CCN(CC)C(=NCC)NCC. The van der Waals surface area contributed by atoms with Crippen molar-refractivity contribution in [1.82, 2.24) is 10.2 Å². The van der Waals surface area contributed by atoms with Crippen LogP contribution in [0, 0.1) is 6.92 Å². The number of hydrogen-bond donors (Lipinski definition) is 1. The smallest absolute Gasteiger partial charge is 0.193 e. The van der Waals surface area contributed by atoms with E-state index in [1.807, 2.05) is 0 Å². The van der Waals surface area contributed by atoms with Crippen molar-refractivity contribution in [3.8, 4) is 0 Å². The van der Waals surface area contributed by atoms with Gasteiger partial charge < -0.3 is 10.2 Å². The fourth-order valence-electron chi connectivity index (χ4n) is 1.18. The predicted molar refractivity (Wildman–Crippen MR) is 58.9 cm³/mol. The molecule has 0 unspecified atom stereocenters. The Balaban J connectivity index is 4.20. The highest BCUT2D eigenvalue weighted by Crippen LogP contribution is 1.92. The Kier molecular flexibility index (Phi) is 7.45. The average Bonchev–Trinajstić information content (AvgIpc) is 2.14. The van der Waals surface area contributed by atoms with Crippen molar-refractivity contribution in [2.75, 3.05) is 26.2 Å². The van der Waals surface area contributed by atoms with E-state index in [4.69, 9.17) is 0 Å². The zero-order valence-corrected chi connectivity index (χ0v) is 9.14. The van der Waals surface area contributed by atoms with Crippen molar-refractivity contribution in [3.05, 3.63) is 6.92 Å². The van der Waals surface area contributed by atoms with Gasteiger partial charge in [0.1, 0.15) is 0 Å². The molecule has 0 aliphatic heterocycles. The van der Waals surface area contributed by atoms with Gasteiger partial charge in [-0.2, -0.15) is 0 Å². The van der Waals surface area contributed by atoms with E-state index in [1.165, 1.54) is 0 Å². The van der Waals surface area contributed by atoms with Gasteiger partial charge in [-0.05, 0) is 27.2 Å². The third kappa shape index (κ3) is 4.76. The van der Waals surface area contributed by atoms with Gasteiger partial charge >= 0.3 is 0 Å². The largest absolute Gasteiger partial charge is 0.357 e. The molecule has 0 rings (SSSR count). The predicted octanol–water partition coefficient (Wildman–Crippen LogP) is 1.52. The molecule has 3 heteroatoms. The molecule has 0 aromatic rings. The number of nitrogens with zero attached hydrogens (tertiary/aromatic N) is 2. The Hall–Kier alpha value is -0.730. The van der Waals surface area contributed by atoms with Crippen molar-refractivity contribution in [3.63, 3.8) is 0 Å². The fourth-order valence-corrected chi connectivity index (χ4v) is 1.18. The van der Waals surface area contributed by atoms with Crippen molar-refractivity contribution in [2.45, 2.75) is 27.2 Å². The van der Waals surface area contributed by atoms with E-state index in [0.717, 1.165) is 38.6 Å². The number of nitrogens with one attached hydrogen (secondary N) is 1. The Bertz CT molecular complexity index is 143. The van der Waals surface area contributed by atoms with Gasteiger partial charge in [0.15, 0.2) is 5.96 Å². The minimum atomic E-state index is 0.829. The highest BCUT2D eigenvalue weighted by Gasteiger charge is 2.05. The lowest BCUT2D eigenvalue weighted by molar-refractivity contribution is 0.430. The van der Waals surface area contributed by atoms with E-state index >= 15 is 0 Å². The molecule has 0 aromatic carbocycles. The molecule has 0 bridgehead atoms. The maximum atomic E-state index is 4.41. The summed E-state index contributed by atoms with van der Waals surface area (Å²) in [5.41, 5.74) is 0. The first-order valence-corrected chi connectivity index (χ1v) is 5.12. The van der Waals surface area contributed by atoms with Gasteiger partial charge in [-0.25, -0.2) is 0 Å². The molecule has 0 aliphatic rings. The van der Waals surface area contributed by atoms with Gasteiger partial charge in [-0.3, -0.25) is 4.99 Å². The molecule has 1 N–H and O–H groups in total. The van der Waals surface area contributed by atoms with Crippen LogP contribution in [0.15, 0.2) is 4.99 Å². The summed E-state index contributed by atoms with van der Waals surface area (Å²) in [7, 11) is 0. The molecule has 0 amide bonds. The second-order valence-corrected chi connectivity index (χ2v) is 2.76. The van der Waals surface area contributed by atoms with Gasteiger partial charge in [-0.15, -0.1) is 0 Å². The van der Waals surface area contributed by atoms with Crippen molar-refractivity contribution < 1.29 is 0 Å². The van der Waals surface area contributed by atoms with Crippen LogP contribution in [-0.4, -0.2) is 37.0 Å². The van der Waals surface area contributed by atoms with Crippen LogP contribution in [0.2, 0.25) is 0 Å². The molecule has 0 spiro atoms. The summed E-state index contributed by atoms with van der Waals surface area (Å²) in [6.07, 6.45) is 0.919. The van der Waals surface area contributed by atoms with E-state index < -0.39 is 0 Å². The van der Waals surface area contributed by atoms with Gasteiger partial charge in [0.05, 0.1) is 0 Å². The van der Waals surface area contributed by atoms with E-state index in [1.54, 1.807) is 0 Å². The molecule has 0 aliphatic carbocycles.